The van der Waals surface area contributed by atoms with Gasteiger partial charge in [0.1, 0.15) is 0 Å². The van der Waals surface area contributed by atoms with Gasteiger partial charge in [-0.05, 0) is 43.5 Å². The summed E-state index contributed by atoms with van der Waals surface area (Å²) in [5.41, 5.74) is 6.51. The molecule has 1 aliphatic rings. The van der Waals surface area contributed by atoms with E-state index < -0.39 is 0 Å². The van der Waals surface area contributed by atoms with Crippen molar-refractivity contribution in [1.82, 2.24) is 10.6 Å². The van der Waals surface area contributed by atoms with Crippen LogP contribution in [-0.4, -0.2) is 45.9 Å². The smallest absolute Gasteiger partial charge is 0.191 e. The number of ether oxygens (including phenoxy) is 1. The molecule has 1 heterocycles. The molecule has 0 aromatic heterocycles. The molecule has 2 aromatic carbocycles. The maximum atomic E-state index is 5.42. The van der Waals surface area contributed by atoms with Gasteiger partial charge >= 0.3 is 0 Å². The van der Waals surface area contributed by atoms with Gasteiger partial charge < -0.3 is 20.3 Å². The Balaban J connectivity index is 0.00000300. The molecule has 0 bridgehead atoms. The van der Waals surface area contributed by atoms with E-state index in [9.17, 15) is 0 Å². The fraction of sp³-hybridized carbons (Fsp3) is 0.435. The summed E-state index contributed by atoms with van der Waals surface area (Å²) in [4.78, 5) is 6.70. The summed E-state index contributed by atoms with van der Waals surface area (Å²) in [6.45, 7) is 9.47. The van der Waals surface area contributed by atoms with Gasteiger partial charge in [0.25, 0.3) is 0 Å². The summed E-state index contributed by atoms with van der Waals surface area (Å²) < 4.78 is 5.42. The quantitative estimate of drug-likeness (QED) is 0.355. The monoisotopic (exact) mass is 508 g/mol. The molecule has 1 saturated heterocycles. The van der Waals surface area contributed by atoms with Crippen LogP contribution in [-0.2, 0) is 17.7 Å². The fourth-order valence-electron chi connectivity index (χ4n) is 3.59. The van der Waals surface area contributed by atoms with Crippen LogP contribution in [0.2, 0.25) is 0 Å². The molecular formula is C23H33IN4O. The van der Waals surface area contributed by atoms with Crippen LogP contribution >= 0.6 is 24.0 Å². The van der Waals surface area contributed by atoms with Crippen LogP contribution in [0.5, 0.6) is 0 Å². The van der Waals surface area contributed by atoms with E-state index >= 15 is 0 Å². The van der Waals surface area contributed by atoms with Crippen LogP contribution in [0.3, 0.4) is 0 Å². The van der Waals surface area contributed by atoms with Crippen molar-refractivity contribution in [2.45, 2.75) is 26.8 Å². The Kier molecular flexibility index (Phi) is 9.73. The number of halogens is 1. The van der Waals surface area contributed by atoms with Crippen molar-refractivity contribution >= 4 is 35.6 Å². The van der Waals surface area contributed by atoms with Crippen LogP contribution < -0.4 is 15.5 Å². The second-order valence-electron chi connectivity index (χ2n) is 7.36. The molecule has 2 aromatic rings. The number of benzene rings is 2. The number of nitrogens with zero attached hydrogens (tertiary/aromatic N) is 2. The summed E-state index contributed by atoms with van der Waals surface area (Å²) in [6.07, 6.45) is 0.984. The van der Waals surface area contributed by atoms with Gasteiger partial charge in [-0.3, -0.25) is 4.99 Å². The first-order valence-electron chi connectivity index (χ1n) is 10.1. The van der Waals surface area contributed by atoms with E-state index in [1.807, 2.05) is 7.05 Å². The molecule has 0 amide bonds. The Morgan fingerprint density at radius 2 is 1.62 bits per heavy atom. The molecule has 0 radical (unpaired) electrons. The number of nitrogens with one attached hydrogen (secondary N) is 2. The zero-order chi connectivity index (χ0) is 19.8. The molecule has 1 fully saturated rings. The lowest BCUT2D eigenvalue weighted by atomic mass is 10.1. The van der Waals surface area contributed by atoms with Crippen LogP contribution in [0.1, 0.15) is 22.3 Å². The number of morpholine rings is 1. The first-order chi connectivity index (χ1) is 13.6. The molecule has 0 saturated carbocycles. The molecule has 0 atom stereocenters. The summed E-state index contributed by atoms with van der Waals surface area (Å²) in [6, 6.07) is 15.5. The normalized spacial score (nSPS) is 14.3. The van der Waals surface area contributed by atoms with Crippen molar-refractivity contribution in [3.8, 4) is 0 Å². The van der Waals surface area contributed by atoms with Gasteiger partial charge in [-0.1, -0.05) is 41.5 Å². The predicted molar refractivity (Wildman–Crippen MR) is 133 cm³/mol. The molecule has 29 heavy (non-hydrogen) atoms. The summed E-state index contributed by atoms with van der Waals surface area (Å²) in [5, 5.41) is 6.81. The van der Waals surface area contributed by atoms with E-state index in [1.54, 1.807) is 0 Å². The number of hydrogen-bond acceptors (Lipinski definition) is 3. The minimum atomic E-state index is 0. The third-order valence-corrected chi connectivity index (χ3v) is 4.98. The van der Waals surface area contributed by atoms with Gasteiger partial charge in [0.15, 0.2) is 5.96 Å². The van der Waals surface area contributed by atoms with E-state index in [4.69, 9.17) is 4.74 Å². The van der Waals surface area contributed by atoms with Crippen molar-refractivity contribution < 1.29 is 4.74 Å². The van der Waals surface area contributed by atoms with Gasteiger partial charge in [0, 0.05) is 38.9 Å². The highest BCUT2D eigenvalue weighted by Gasteiger charge is 2.10. The first kappa shape index (κ1) is 23.5. The third kappa shape index (κ3) is 7.51. The minimum Gasteiger partial charge on any atom is -0.378 e. The number of guanidine groups is 1. The van der Waals surface area contributed by atoms with Crippen molar-refractivity contribution in [1.29, 1.82) is 0 Å². The zero-order valence-corrected chi connectivity index (χ0v) is 20.0. The second-order valence-corrected chi connectivity index (χ2v) is 7.36. The minimum absolute atomic E-state index is 0. The van der Waals surface area contributed by atoms with E-state index in [0.29, 0.717) is 0 Å². The lowest BCUT2D eigenvalue weighted by molar-refractivity contribution is 0.122. The van der Waals surface area contributed by atoms with Crippen molar-refractivity contribution in [2.24, 2.45) is 4.99 Å². The highest BCUT2D eigenvalue weighted by molar-refractivity contribution is 14.0. The SMILES string of the molecule is CN=C(NCCc1cc(C)cc(C)c1)NCc1ccc(N2CCOCC2)cc1.I. The Morgan fingerprint density at radius 3 is 2.24 bits per heavy atom. The molecule has 158 valence electrons. The summed E-state index contributed by atoms with van der Waals surface area (Å²) >= 11 is 0. The summed E-state index contributed by atoms with van der Waals surface area (Å²) in [5.74, 6) is 0.835. The van der Waals surface area contributed by atoms with Gasteiger partial charge in [0.05, 0.1) is 13.2 Å². The number of anilines is 1. The lowest BCUT2D eigenvalue weighted by Crippen LogP contribution is -2.38. The first-order valence-corrected chi connectivity index (χ1v) is 10.1. The lowest BCUT2D eigenvalue weighted by Gasteiger charge is -2.28. The molecule has 3 rings (SSSR count). The third-order valence-electron chi connectivity index (χ3n) is 4.98. The maximum Gasteiger partial charge on any atom is 0.191 e. The summed E-state index contributed by atoms with van der Waals surface area (Å²) in [7, 11) is 1.81. The van der Waals surface area contributed by atoms with E-state index in [2.05, 4.69) is 76.8 Å². The molecule has 5 nitrogen and oxygen atoms in total. The van der Waals surface area contributed by atoms with E-state index in [-0.39, 0.29) is 24.0 Å². The van der Waals surface area contributed by atoms with Gasteiger partial charge in [-0.25, -0.2) is 0 Å². The number of aliphatic imine (C=N–C) groups is 1. The Bertz CT molecular complexity index is 766. The number of aryl methyl sites for hydroxylation is 2. The van der Waals surface area contributed by atoms with Gasteiger partial charge in [0.2, 0.25) is 0 Å². The number of rotatable bonds is 6. The van der Waals surface area contributed by atoms with Gasteiger partial charge in [-0.2, -0.15) is 0 Å². The molecule has 2 N–H and O–H groups in total. The molecule has 6 heteroatoms. The molecule has 0 aliphatic carbocycles. The second kappa shape index (κ2) is 12.0. The molecule has 1 aliphatic heterocycles. The highest BCUT2D eigenvalue weighted by atomic mass is 127. The average molecular weight is 508 g/mol. The van der Waals surface area contributed by atoms with Crippen LogP contribution in [0.15, 0.2) is 47.5 Å². The number of hydrogen-bond donors (Lipinski definition) is 2. The van der Waals surface area contributed by atoms with Crippen molar-refractivity contribution in [3.05, 3.63) is 64.7 Å². The van der Waals surface area contributed by atoms with Crippen LogP contribution in [0.4, 0.5) is 5.69 Å². The molecule has 0 unspecified atom stereocenters. The predicted octanol–water partition coefficient (Wildman–Crippen LogP) is 3.67. The van der Waals surface area contributed by atoms with E-state index in [1.165, 1.54) is 27.9 Å². The zero-order valence-electron chi connectivity index (χ0n) is 17.7. The molecule has 0 spiro atoms. The Labute approximate surface area is 192 Å². The Hall–Kier alpha value is -1.80. The Morgan fingerprint density at radius 1 is 0.966 bits per heavy atom. The standard InChI is InChI=1S/C23H32N4O.HI/c1-18-14-19(2)16-21(15-18)8-9-25-23(24-3)26-17-20-4-6-22(7-5-20)27-10-12-28-13-11-27;/h4-7,14-16H,8-13,17H2,1-3H3,(H2,24,25,26);1H. The largest absolute Gasteiger partial charge is 0.378 e. The maximum absolute atomic E-state index is 5.42. The highest BCUT2D eigenvalue weighted by Crippen LogP contribution is 2.16. The fourth-order valence-corrected chi connectivity index (χ4v) is 3.59. The average Bonchev–Trinajstić information content (AvgIpc) is 2.71. The topological polar surface area (TPSA) is 48.9 Å². The van der Waals surface area contributed by atoms with Crippen molar-refractivity contribution in [3.63, 3.8) is 0 Å². The van der Waals surface area contributed by atoms with Crippen LogP contribution in [0, 0.1) is 13.8 Å². The van der Waals surface area contributed by atoms with Crippen LogP contribution in [0.25, 0.3) is 0 Å². The van der Waals surface area contributed by atoms with Crippen molar-refractivity contribution in [2.75, 3.05) is 44.8 Å². The molecular weight excluding hydrogens is 475 g/mol. The van der Waals surface area contributed by atoms with Gasteiger partial charge in [-0.15, -0.1) is 24.0 Å². The van der Waals surface area contributed by atoms with E-state index in [0.717, 1.165) is 51.8 Å².